The number of phenols is 1. The molecule has 0 radical (unpaired) electrons. The molecule has 0 spiro atoms. The van der Waals surface area contributed by atoms with Crippen LogP contribution in [0.3, 0.4) is 0 Å². The molecule has 0 aliphatic heterocycles. The predicted octanol–water partition coefficient (Wildman–Crippen LogP) is 6.56. The summed E-state index contributed by atoms with van der Waals surface area (Å²) in [6.07, 6.45) is 1.46. The summed E-state index contributed by atoms with van der Waals surface area (Å²) in [5.74, 6) is 0.564. The van der Waals surface area contributed by atoms with E-state index >= 15 is 0 Å². The van der Waals surface area contributed by atoms with Crippen molar-refractivity contribution in [3.63, 3.8) is 0 Å². The van der Waals surface area contributed by atoms with Gasteiger partial charge in [-0.25, -0.2) is 5.43 Å². The number of hydrogen-bond donors (Lipinski definition) is 2. The molecule has 0 heterocycles. The third-order valence-corrected chi connectivity index (χ3v) is 5.89. The molecule has 0 saturated heterocycles. The number of ether oxygens (including phenoxy) is 1. The molecule has 2 N–H and O–H groups in total. The normalized spacial score (nSPS) is 11.0. The molecule has 0 atom stereocenters. The van der Waals surface area contributed by atoms with Crippen LogP contribution < -0.4 is 10.2 Å². The van der Waals surface area contributed by atoms with E-state index < -0.39 is 0 Å². The van der Waals surface area contributed by atoms with Crippen molar-refractivity contribution in [1.29, 1.82) is 0 Å². The summed E-state index contributed by atoms with van der Waals surface area (Å²) in [5.41, 5.74) is 6.63. The minimum atomic E-state index is -0.340. The fourth-order valence-corrected chi connectivity index (χ4v) is 4.00. The van der Waals surface area contributed by atoms with Crippen LogP contribution in [0.5, 0.6) is 11.5 Å². The Labute approximate surface area is 209 Å². The van der Waals surface area contributed by atoms with Gasteiger partial charge in [0.05, 0.1) is 6.21 Å². The summed E-state index contributed by atoms with van der Waals surface area (Å²) in [5, 5.41) is 16.1. The van der Waals surface area contributed by atoms with E-state index in [2.05, 4.69) is 22.7 Å². The number of benzene rings is 5. The number of carbonyl (C=O) groups excluding carboxylic acids is 1. The molecule has 0 aromatic heterocycles. The van der Waals surface area contributed by atoms with Crippen molar-refractivity contribution in [2.45, 2.75) is 6.61 Å². The molecule has 176 valence electrons. The lowest BCUT2D eigenvalue weighted by atomic mass is 10.0. The zero-order valence-corrected chi connectivity index (χ0v) is 19.5. The topological polar surface area (TPSA) is 70.9 Å². The third-order valence-electron chi connectivity index (χ3n) is 5.89. The second kappa shape index (κ2) is 10.6. The van der Waals surface area contributed by atoms with Gasteiger partial charge in [0.15, 0.2) is 0 Å². The van der Waals surface area contributed by atoms with Crippen LogP contribution >= 0.6 is 0 Å². The zero-order chi connectivity index (χ0) is 24.7. The highest BCUT2D eigenvalue weighted by atomic mass is 16.5. The summed E-state index contributed by atoms with van der Waals surface area (Å²) in [6.45, 7) is 0.379. The molecule has 5 aromatic carbocycles. The van der Waals surface area contributed by atoms with Crippen LogP contribution in [-0.2, 0) is 6.61 Å². The smallest absolute Gasteiger partial charge is 0.271 e. The summed E-state index contributed by atoms with van der Waals surface area (Å²) in [4.78, 5) is 12.6. The molecule has 0 aliphatic rings. The fraction of sp³-hybridized carbons (Fsp3) is 0.0323. The molecular weight excluding hydrogens is 448 g/mol. The average Bonchev–Trinajstić information content (AvgIpc) is 2.94. The Morgan fingerprint density at radius 2 is 1.53 bits per heavy atom. The third kappa shape index (κ3) is 5.10. The molecule has 0 fully saturated rings. The maximum atomic E-state index is 12.6. The number of nitrogens with one attached hydrogen (secondary N) is 1. The number of para-hydroxylation sites is 1. The van der Waals surface area contributed by atoms with Gasteiger partial charge in [0.1, 0.15) is 18.1 Å². The van der Waals surface area contributed by atoms with Crippen molar-refractivity contribution < 1.29 is 14.6 Å². The Bertz CT molecular complexity index is 1530. The number of nitrogens with zero attached hydrogens (tertiary/aromatic N) is 1. The van der Waals surface area contributed by atoms with Gasteiger partial charge in [0, 0.05) is 16.7 Å². The molecule has 36 heavy (non-hydrogen) atoms. The molecule has 1 amide bonds. The molecule has 0 bridgehead atoms. The zero-order valence-electron chi connectivity index (χ0n) is 19.5. The van der Waals surface area contributed by atoms with Crippen molar-refractivity contribution in [2.24, 2.45) is 5.10 Å². The molecule has 0 aliphatic carbocycles. The second-order valence-electron chi connectivity index (χ2n) is 8.27. The number of phenolic OH excluding ortho intramolecular Hbond substituents is 1. The summed E-state index contributed by atoms with van der Waals surface area (Å²) >= 11 is 0. The standard InChI is InChI=1S/C31H24N2O3/c34-29-19-18-24-10-4-5-11-26(24)28(29)20-32-33-31(35)25-16-14-22(15-17-25)21-36-30-13-7-6-12-27(30)23-8-2-1-3-9-23/h1-20,34H,21H2,(H,33,35)/b32-20+. The van der Waals surface area contributed by atoms with Crippen molar-refractivity contribution >= 4 is 22.9 Å². The number of amides is 1. The van der Waals surface area contributed by atoms with E-state index in [-0.39, 0.29) is 11.7 Å². The van der Waals surface area contributed by atoms with E-state index in [1.165, 1.54) is 6.21 Å². The molecule has 0 saturated carbocycles. The molecule has 0 unspecified atom stereocenters. The first-order chi connectivity index (χ1) is 17.7. The van der Waals surface area contributed by atoms with Gasteiger partial charge < -0.3 is 9.84 Å². The highest BCUT2D eigenvalue weighted by Crippen LogP contribution is 2.30. The van der Waals surface area contributed by atoms with Gasteiger partial charge in [0.2, 0.25) is 0 Å². The van der Waals surface area contributed by atoms with Gasteiger partial charge in [-0.2, -0.15) is 5.10 Å². The minimum Gasteiger partial charge on any atom is -0.507 e. The van der Waals surface area contributed by atoms with Crippen molar-refractivity contribution in [3.8, 4) is 22.6 Å². The average molecular weight is 473 g/mol. The largest absolute Gasteiger partial charge is 0.507 e. The highest BCUT2D eigenvalue weighted by Gasteiger charge is 2.08. The lowest BCUT2D eigenvalue weighted by molar-refractivity contribution is 0.0955. The van der Waals surface area contributed by atoms with E-state index in [0.717, 1.165) is 33.2 Å². The lowest BCUT2D eigenvalue weighted by Crippen LogP contribution is -2.17. The van der Waals surface area contributed by atoms with Crippen LogP contribution in [0, 0.1) is 0 Å². The minimum absolute atomic E-state index is 0.102. The van der Waals surface area contributed by atoms with Crippen LogP contribution in [0.25, 0.3) is 21.9 Å². The summed E-state index contributed by atoms with van der Waals surface area (Å²) in [7, 11) is 0. The highest BCUT2D eigenvalue weighted by molar-refractivity contribution is 6.03. The van der Waals surface area contributed by atoms with Crippen molar-refractivity contribution in [1.82, 2.24) is 5.43 Å². The van der Waals surface area contributed by atoms with E-state index in [1.807, 2.05) is 84.9 Å². The van der Waals surface area contributed by atoms with Gasteiger partial charge in [-0.15, -0.1) is 0 Å². The quantitative estimate of drug-likeness (QED) is 0.208. The van der Waals surface area contributed by atoms with E-state index in [0.29, 0.717) is 17.7 Å². The molecule has 5 heteroatoms. The number of rotatable bonds is 7. The lowest BCUT2D eigenvalue weighted by Gasteiger charge is -2.12. The number of hydrogen-bond acceptors (Lipinski definition) is 4. The SMILES string of the molecule is O=C(N/N=C/c1c(O)ccc2ccccc12)c1ccc(COc2ccccc2-c2ccccc2)cc1. The van der Waals surface area contributed by atoms with Crippen molar-refractivity contribution in [2.75, 3.05) is 0 Å². The van der Waals surface area contributed by atoms with Crippen LogP contribution in [-0.4, -0.2) is 17.2 Å². The maximum Gasteiger partial charge on any atom is 0.271 e. The number of hydrazone groups is 1. The molecule has 5 nitrogen and oxygen atoms in total. The first kappa shape index (κ1) is 22.9. The second-order valence-corrected chi connectivity index (χ2v) is 8.27. The number of fused-ring (bicyclic) bond motifs is 1. The predicted molar refractivity (Wildman–Crippen MR) is 143 cm³/mol. The van der Waals surface area contributed by atoms with Crippen LogP contribution in [0.4, 0.5) is 0 Å². The Morgan fingerprint density at radius 1 is 0.806 bits per heavy atom. The number of aromatic hydroxyl groups is 1. The Kier molecular flexibility index (Phi) is 6.72. The van der Waals surface area contributed by atoms with E-state index in [1.54, 1.807) is 18.2 Å². The van der Waals surface area contributed by atoms with Crippen LogP contribution in [0.2, 0.25) is 0 Å². The van der Waals surface area contributed by atoms with Crippen LogP contribution in [0.15, 0.2) is 120 Å². The van der Waals surface area contributed by atoms with Gasteiger partial charge in [-0.05, 0) is 46.2 Å². The van der Waals surface area contributed by atoms with Gasteiger partial charge >= 0.3 is 0 Å². The Morgan fingerprint density at radius 3 is 2.36 bits per heavy atom. The molecular formula is C31H24N2O3. The van der Waals surface area contributed by atoms with Crippen LogP contribution in [0.1, 0.15) is 21.5 Å². The maximum absolute atomic E-state index is 12.6. The first-order valence-corrected chi connectivity index (χ1v) is 11.6. The number of carbonyl (C=O) groups is 1. The first-order valence-electron chi connectivity index (χ1n) is 11.6. The molecule has 5 aromatic rings. The van der Waals surface area contributed by atoms with E-state index in [9.17, 15) is 9.90 Å². The van der Waals surface area contributed by atoms with E-state index in [4.69, 9.17) is 4.74 Å². The summed E-state index contributed by atoms with van der Waals surface area (Å²) < 4.78 is 6.09. The van der Waals surface area contributed by atoms with Crippen molar-refractivity contribution in [3.05, 3.63) is 132 Å². The monoisotopic (exact) mass is 472 g/mol. The fourth-order valence-electron chi connectivity index (χ4n) is 4.00. The molecule has 5 rings (SSSR count). The van der Waals surface area contributed by atoms with Gasteiger partial charge in [-0.1, -0.05) is 91.0 Å². The Hall–Kier alpha value is -4.90. The van der Waals surface area contributed by atoms with Gasteiger partial charge in [-0.3, -0.25) is 4.79 Å². The summed E-state index contributed by atoms with van der Waals surface area (Å²) in [6, 6.07) is 36.4. The van der Waals surface area contributed by atoms with Gasteiger partial charge in [0.25, 0.3) is 5.91 Å². The Balaban J connectivity index is 1.23.